The minimum Gasteiger partial charge on any atom is -0.376 e. The van der Waals surface area contributed by atoms with Gasteiger partial charge in [-0.25, -0.2) is 4.98 Å². The summed E-state index contributed by atoms with van der Waals surface area (Å²) in [4.78, 5) is 19.2. The standard InChI is InChI=1S/C14H15N5O2S3/c20-12-11-9(3-5-22-11)16-10(17-12)7-23-14-19-18-13(24-14)15-6-8-2-1-4-21-8/h3,5,8H,1-2,4,6-7H2,(H,15,18)(H,16,17,20)/t8-/m1/s1. The second-order valence-electron chi connectivity index (χ2n) is 5.33. The first-order valence-corrected chi connectivity index (χ1v) is 10.2. The Morgan fingerprint density at radius 3 is 3.29 bits per heavy atom. The van der Waals surface area contributed by atoms with Crippen LogP contribution in [0.2, 0.25) is 0 Å². The number of nitrogens with zero attached hydrogens (tertiary/aromatic N) is 3. The number of aromatic nitrogens is 4. The molecule has 0 bridgehead atoms. The van der Waals surface area contributed by atoms with Gasteiger partial charge in [0, 0.05) is 13.2 Å². The molecule has 0 radical (unpaired) electrons. The van der Waals surface area contributed by atoms with Gasteiger partial charge in [0.05, 0.1) is 17.4 Å². The predicted octanol–water partition coefficient (Wildman–Crippen LogP) is 2.72. The molecule has 1 aliphatic rings. The van der Waals surface area contributed by atoms with E-state index in [0.29, 0.717) is 16.3 Å². The van der Waals surface area contributed by atoms with Crippen LogP contribution < -0.4 is 10.9 Å². The Morgan fingerprint density at radius 2 is 2.42 bits per heavy atom. The maximum Gasteiger partial charge on any atom is 0.268 e. The summed E-state index contributed by atoms with van der Waals surface area (Å²) in [7, 11) is 0. The van der Waals surface area contributed by atoms with Crippen LogP contribution in [-0.2, 0) is 10.5 Å². The second kappa shape index (κ2) is 7.18. The van der Waals surface area contributed by atoms with Crippen molar-refractivity contribution >= 4 is 49.8 Å². The van der Waals surface area contributed by atoms with Gasteiger partial charge in [-0.15, -0.1) is 21.5 Å². The van der Waals surface area contributed by atoms with E-state index in [1.54, 1.807) is 0 Å². The van der Waals surface area contributed by atoms with Gasteiger partial charge in [-0.3, -0.25) is 4.79 Å². The smallest absolute Gasteiger partial charge is 0.268 e. The van der Waals surface area contributed by atoms with Crippen LogP contribution in [0.4, 0.5) is 5.13 Å². The first-order valence-electron chi connectivity index (χ1n) is 7.56. The van der Waals surface area contributed by atoms with Crippen molar-refractivity contribution < 1.29 is 4.74 Å². The molecule has 7 nitrogen and oxygen atoms in total. The van der Waals surface area contributed by atoms with Crippen molar-refractivity contribution in [2.45, 2.75) is 29.0 Å². The van der Waals surface area contributed by atoms with Crippen LogP contribution in [-0.4, -0.2) is 39.4 Å². The number of fused-ring (bicyclic) bond motifs is 1. The van der Waals surface area contributed by atoms with Gasteiger partial charge in [-0.05, 0) is 24.3 Å². The third-order valence-corrected chi connectivity index (χ3v) is 6.54. The largest absolute Gasteiger partial charge is 0.376 e. The highest BCUT2D eigenvalue weighted by atomic mass is 32.2. The minimum atomic E-state index is -0.0817. The Labute approximate surface area is 149 Å². The average molecular weight is 382 g/mol. The lowest BCUT2D eigenvalue weighted by Gasteiger charge is -2.08. The molecule has 4 heterocycles. The number of thioether (sulfide) groups is 1. The SMILES string of the molecule is O=c1[nH]c(CSc2nnc(NC[C@H]3CCCO3)s2)nc2ccsc12. The number of rotatable bonds is 6. The van der Waals surface area contributed by atoms with Gasteiger partial charge in [0.2, 0.25) is 5.13 Å². The van der Waals surface area contributed by atoms with Crippen molar-refractivity contribution in [3.63, 3.8) is 0 Å². The number of aromatic amines is 1. The molecule has 10 heteroatoms. The highest BCUT2D eigenvalue weighted by Gasteiger charge is 2.16. The molecule has 4 rings (SSSR count). The fourth-order valence-corrected chi connectivity index (χ4v) is 4.82. The molecule has 126 valence electrons. The van der Waals surface area contributed by atoms with Crippen LogP contribution in [0.3, 0.4) is 0 Å². The molecule has 1 aliphatic heterocycles. The van der Waals surface area contributed by atoms with Crippen molar-refractivity contribution in [1.82, 2.24) is 20.2 Å². The predicted molar refractivity (Wildman–Crippen MR) is 97.2 cm³/mol. The van der Waals surface area contributed by atoms with E-state index in [0.717, 1.165) is 41.0 Å². The van der Waals surface area contributed by atoms with Crippen LogP contribution in [0.1, 0.15) is 18.7 Å². The van der Waals surface area contributed by atoms with Gasteiger partial charge in [0.25, 0.3) is 5.56 Å². The van der Waals surface area contributed by atoms with E-state index in [1.807, 2.05) is 11.4 Å². The fraction of sp³-hybridized carbons (Fsp3) is 0.429. The van der Waals surface area contributed by atoms with Crippen molar-refractivity contribution in [1.29, 1.82) is 0 Å². The van der Waals surface area contributed by atoms with E-state index >= 15 is 0 Å². The Balaban J connectivity index is 1.35. The minimum absolute atomic E-state index is 0.0817. The zero-order valence-corrected chi connectivity index (χ0v) is 15.1. The summed E-state index contributed by atoms with van der Waals surface area (Å²) in [6.07, 6.45) is 2.50. The Morgan fingerprint density at radius 1 is 1.46 bits per heavy atom. The van der Waals surface area contributed by atoms with Crippen LogP contribution >= 0.6 is 34.4 Å². The summed E-state index contributed by atoms with van der Waals surface area (Å²) < 4.78 is 7.09. The van der Waals surface area contributed by atoms with Crippen molar-refractivity contribution in [2.75, 3.05) is 18.5 Å². The number of nitrogens with one attached hydrogen (secondary N) is 2. The molecule has 2 N–H and O–H groups in total. The molecule has 0 saturated carbocycles. The zero-order valence-electron chi connectivity index (χ0n) is 12.7. The summed E-state index contributed by atoms with van der Waals surface area (Å²) in [5, 5.41) is 14.2. The molecule has 3 aromatic rings. The molecule has 0 aromatic carbocycles. The monoisotopic (exact) mass is 381 g/mol. The summed E-state index contributed by atoms with van der Waals surface area (Å²) in [5.41, 5.74) is 0.664. The van der Waals surface area contributed by atoms with Crippen LogP contribution in [0.5, 0.6) is 0 Å². The second-order valence-corrected chi connectivity index (χ2v) is 8.44. The maximum absolute atomic E-state index is 11.9. The van der Waals surface area contributed by atoms with Crippen molar-refractivity contribution in [3.05, 3.63) is 27.6 Å². The Bertz CT molecular complexity index is 884. The number of ether oxygens (including phenoxy) is 1. The fourth-order valence-electron chi connectivity index (χ4n) is 2.47. The molecule has 0 unspecified atom stereocenters. The van der Waals surface area contributed by atoms with E-state index in [-0.39, 0.29) is 11.7 Å². The van der Waals surface area contributed by atoms with E-state index in [4.69, 9.17) is 4.74 Å². The molecule has 1 atom stereocenters. The first kappa shape index (κ1) is 16.0. The quantitative estimate of drug-likeness (QED) is 0.634. The third-order valence-electron chi connectivity index (χ3n) is 3.61. The van der Waals surface area contributed by atoms with Crippen LogP contribution in [0.15, 0.2) is 20.6 Å². The van der Waals surface area contributed by atoms with Crippen molar-refractivity contribution in [3.8, 4) is 0 Å². The van der Waals surface area contributed by atoms with Gasteiger partial charge in [0.1, 0.15) is 10.5 Å². The summed E-state index contributed by atoms with van der Waals surface area (Å²) in [6, 6.07) is 1.86. The number of anilines is 1. The summed E-state index contributed by atoms with van der Waals surface area (Å²) >= 11 is 4.42. The van der Waals surface area contributed by atoms with Crippen molar-refractivity contribution in [2.24, 2.45) is 0 Å². The molecule has 0 spiro atoms. The molecule has 3 aromatic heterocycles. The molecule has 0 amide bonds. The van der Waals surface area contributed by atoms with Crippen LogP contribution in [0.25, 0.3) is 10.2 Å². The Hall–Kier alpha value is -1.49. The summed E-state index contributed by atoms with van der Waals surface area (Å²) in [5.74, 6) is 1.21. The lowest BCUT2D eigenvalue weighted by atomic mass is 10.2. The zero-order chi connectivity index (χ0) is 16.4. The average Bonchev–Trinajstić information content (AvgIpc) is 3.32. The first-order chi connectivity index (χ1) is 11.8. The molecular formula is C14H15N5O2S3. The van der Waals surface area contributed by atoms with E-state index in [1.165, 1.54) is 34.4 Å². The topological polar surface area (TPSA) is 92.8 Å². The van der Waals surface area contributed by atoms with Gasteiger partial charge >= 0.3 is 0 Å². The number of hydrogen-bond acceptors (Lipinski definition) is 9. The maximum atomic E-state index is 11.9. The molecular weight excluding hydrogens is 366 g/mol. The Kier molecular flexibility index (Phi) is 4.79. The van der Waals surface area contributed by atoms with Gasteiger partial charge in [0.15, 0.2) is 4.34 Å². The number of H-pyrrole nitrogens is 1. The van der Waals surface area contributed by atoms with Crippen LogP contribution in [0, 0.1) is 0 Å². The normalized spacial score (nSPS) is 17.6. The van der Waals surface area contributed by atoms with Gasteiger partial charge in [-0.1, -0.05) is 23.1 Å². The highest BCUT2D eigenvalue weighted by molar-refractivity contribution is 8.00. The van der Waals surface area contributed by atoms with Gasteiger partial charge < -0.3 is 15.0 Å². The van der Waals surface area contributed by atoms with Gasteiger partial charge in [-0.2, -0.15) is 0 Å². The molecule has 0 aliphatic carbocycles. The summed E-state index contributed by atoms with van der Waals surface area (Å²) in [6.45, 7) is 1.62. The molecule has 24 heavy (non-hydrogen) atoms. The van der Waals surface area contributed by atoms with E-state index in [9.17, 15) is 4.79 Å². The number of thiophene rings is 1. The van der Waals surface area contributed by atoms with E-state index in [2.05, 4.69) is 25.5 Å². The lowest BCUT2D eigenvalue weighted by Crippen LogP contribution is -2.18. The third kappa shape index (κ3) is 3.61. The molecule has 1 fully saturated rings. The lowest BCUT2D eigenvalue weighted by molar-refractivity contribution is 0.120. The highest BCUT2D eigenvalue weighted by Crippen LogP contribution is 2.28. The molecule has 1 saturated heterocycles. The van der Waals surface area contributed by atoms with E-state index < -0.39 is 0 Å². The number of hydrogen-bond donors (Lipinski definition) is 2.